The molecule has 78 valence electrons. The first-order valence-corrected chi connectivity index (χ1v) is 5.63. The average Bonchev–Trinajstić information content (AvgIpc) is 2.24. The Morgan fingerprint density at radius 3 is 2.87 bits per heavy atom. The summed E-state index contributed by atoms with van der Waals surface area (Å²) in [7, 11) is 0. The number of halogens is 2. The summed E-state index contributed by atoms with van der Waals surface area (Å²) >= 11 is 3.28. The van der Waals surface area contributed by atoms with Gasteiger partial charge >= 0.3 is 0 Å². The van der Waals surface area contributed by atoms with Crippen molar-refractivity contribution in [2.24, 2.45) is 0 Å². The van der Waals surface area contributed by atoms with Gasteiger partial charge in [-0.3, -0.25) is 4.79 Å². The maximum atomic E-state index is 13.0. The van der Waals surface area contributed by atoms with Gasteiger partial charge in [-0.2, -0.15) is 0 Å². The van der Waals surface area contributed by atoms with E-state index in [1.54, 1.807) is 6.07 Å². The van der Waals surface area contributed by atoms with Crippen molar-refractivity contribution in [3.05, 3.63) is 45.2 Å². The lowest BCUT2D eigenvalue weighted by atomic mass is 9.89. The fraction of sp³-hybridized carbons (Fsp3) is 0.250. The number of fused-ring (bicyclic) bond motifs is 1. The molecule has 1 aliphatic rings. The molecule has 0 amide bonds. The van der Waals surface area contributed by atoms with Gasteiger partial charge in [0.1, 0.15) is 5.82 Å². The van der Waals surface area contributed by atoms with Crippen LogP contribution in [-0.2, 0) is 6.42 Å². The summed E-state index contributed by atoms with van der Waals surface area (Å²) in [6.07, 6.45) is 1.57. The standard InChI is InChI=1S/C12H10BrFO/c1-2-7-5-8-3-4-9(14)6-10(8)12(15)11(7)13/h3-4,6H,2,5H2,1H3. The second-order valence-corrected chi connectivity index (χ2v) is 4.37. The number of rotatable bonds is 1. The number of carbonyl (C=O) groups excluding carboxylic acids is 1. The predicted molar refractivity (Wildman–Crippen MR) is 60.7 cm³/mol. The minimum atomic E-state index is -0.359. The second kappa shape index (κ2) is 3.89. The van der Waals surface area contributed by atoms with Crippen LogP contribution in [0, 0.1) is 5.82 Å². The summed E-state index contributed by atoms with van der Waals surface area (Å²) in [4.78, 5) is 11.9. The van der Waals surface area contributed by atoms with Crippen molar-refractivity contribution in [2.45, 2.75) is 19.8 Å². The molecule has 0 saturated heterocycles. The van der Waals surface area contributed by atoms with E-state index in [0.717, 1.165) is 24.0 Å². The van der Waals surface area contributed by atoms with E-state index in [9.17, 15) is 9.18 Å². The van der Waals surface area contributed by atoms with E-state index in [0.29, 0.717) is 10.0 Å². The molecule has 0 atom stereocenters. The van der Waals surface area contributed by atoms with Gasteiger partial charge in [0.2, 0.25) is 0 Å². The van der Waals surface area contributed by atoms with E-state index in [2.05, 4.69) is 15.9 Å². The van der Waals surface area contributed by atoms with E-state index in [1.165, 1.54) is 12.1 Å². The highest BCUT2D eigenvalue weighted by atomic mass is 79.9. The van der Waals surface area contributed by atoms with E-state index in [-0.39, 0.29) is 11.6 Å². The summed E-state index contributed by atoms with van der Waals surface area (Å²) in [5.41, 5.74) is 2.49. The van der Waals surface area contributed by atoms with Gasteiger partial charge in [0, 0.05) is 5.56 Å². The van der Waals surface area contributed by atoms with Crippen molar-refractivity contribution in [2.75, 3.05) is 0 Å². The van der Waals surface area contributed by atoms with Crippen LogP contribution in [0.5, 0.6) is 0 Å². The molecule has 1 aliphatic carbocycles. The summed E-state index contributed by atoms with van der Waals surface area (Å²) in [6.45, 7) is 2.01. The molecule has 15 heavy (non-hydrogen) atoms. The van der Waals surface area contributed by atoms with Crippen LogP contribution in [0.15, 0.2) is 28.3 Å². The molecule has 0 saturated carbocycles. The molecule has 0 radical (unpaired) electrons. The van der Waals surface area contributed by atoms with Gasteiger partial charge in [0.25, 0.3) is 0 Å². The van der Waals surface area contributed by atoms with Crippen molar-refractivity contribution in [3.63, 3.8) is 0 Å². The zero-order chi connectivity index (χ0) is 11.0. The molecule has 0 unspecified atom stereocenters. The lowest BCUT2D eigenvalue weighted by molar-refractivity contribution is 0.103. The molecule has 0 N–H and O–H groups in total. The average molecular weight is 269 g/mol. The normalized spacial score (nSPS) is 15.5. The third-order valence-corrected chi connectivity index (χ3v) is 3.58. The van der Waals surface area contributed by atoms with Gasteiger partial charge in [0.05, 0.1) is 4.48 Å². The van der Waals surface area contributed by atoms with E-state index in [1.807, 2.05) is 6.92 Å². The van der Waals surface area contributed by atoms with E-state index < -0.39 is 0 Å². The Morgan fingerprint density at radius 2 is 2.20 bits per heavy atom. The van der Waals surface area contributed by atoms with Gasteiger partial charge in [-0.25, -0.2) is 4.39 Å². The molecule has 0 bridgehead atoms. The maximum Gasteiger partial charge on any atom is 0.200 e. The van der Waals surface area contributed by atoms with E-state index >= 15 is 0 Å². The Hall–Kier alpha value is -0.960. The summed E-state index contributed by atoms with van der Waals surface area (Å²) in [5.74, 6) is -0.463. The highest BCUT2D eigenvalue weighted by Crippen LogP contribution is 2.31. The van der Waals surface area contributed by atoms with Crippen LogP contribution < -0.4 is 0 Å². The number of hydrogen-bond donors (Lipinski definition) is 0. The highest BCUT2D eigenvalue weighted by Gasteiger charge is 2.23. The monoisotopic (exact) mass is 268 g/mol. The molecule has 0 fully saturated rings. The molecule has 1 nitrogen and oxygen atoms in total. The van der Waals surface area contributed by atoms with Gasteiger partial charge in [-0.15, -0.1) is 0 Å². The topological polar surface area (TPSA) is 17.1 Å². The Kier molecular flexibility index (Phi) is 2.74. The van der Waals surface area contributed by atoms with Crippen LogP contribution in [0.1, 0.15) is 29.3 Å². The van der Waals surface area contributed by atoms with Crippen molar-refractivity contribution >= 4 is 21.7 Å². The van der Waals surface area contributed by atoms with Gasteiger partial charge in [0.15, 0.2) is 5.78 Å². The van der Waals surface area contributed by atoms with Gasteiger partial charge in [-0.05, 0) is 52.0 Å². The first-order chi connectivity index (χ1) is 7.13. The van der Waals surface area contributed by atoms with E-state index in [4.69, 9.17) is 0 Å². The van der Waals surface area contributed by atoms with Crippen molar-refractivity contribution in [1.29, 1.82) is 0 Å². The number of allylic oxidation sites excluding steroid dienone is 2. The molecule has 0 aliphatic heterocycles. The number of carbonyl (C=O) groups is 1. The van der Waals surface area contributed by atoms with Crippen LogP contribution in [0.4, 0.5) is 4.39 Å². The molecule has 0 heterocycles. The molecular weight excluding hydrogens is 259 g/mol. The Balaban J connectivity index is 2.54. The lowest BCUT2D eigenvalue weighted by Crippen LogP contribution is -2.13. The fourth-order valence-electron chi connectivity index (χ4n) is 1.78. The van der Waals surface area contributed by atoms with Gasteiger partial charge in [-0.1, -0.05) is 13.0 Å². The minimum Gasteiger partial charge on any atom is -0.288 e. The van der Waals surface area contributed by atoms with Crippen molar-refractivity contribution in [1.82, 2.24) is 0 Å². The van der Waals surface area contributed by atoms with Crippen LogP contribution >= 0.6 is 15.9 Å². The zero-order valence-corrected chi connectivity index (χ0v) is 9.90. The Labute approximate surface area is 96.1 Å². The molecule has 1 aromatic carbocycles. The molecule has 2 rings (SSSR count). The van der Waals surface area contributed by atoms with Crippen LogP contribution in [0.25, 0.3) is 0 Å². The van der Waals surface area contributed by atoms with Crippen LogP contribution in [0.2, 0.25) is 0 Å². The number of benzene rings is 1. The molecule has 0 spiro atoms. The first kappa shape index (κ1) is 10.6. The number of hydrogen-bond acceptors (Lipinski definition) is 1. The van der Waals surface area contributed by atoms with Crippen LogP contribution in [0.3, 0.4) is 0 Å². The van der Waals surface area contributed by atoms with Gasteiger partial charge < -0.3 is 0 Å². The SMILES string of the molecule is CCC1=C(Br)C(=O)c2cc(F)ccc2C1. The Bertz CT molecular complexity index is 463. The largest absolute Gasteiger partial charge is 0.288 e. The smallest absolute Gasteiger partial charge is 0.200 e. The quantitative estimate of drug-likeness (QED) is 0.761. The zero-order valence-electron chi connectivity index (χ0n) is 8.31. The predicted octanol–water partition coefficient (Wildman–Crippen LogP) is 3.62. The third kappa shape index (κ3) is 1.76. The third-order valence-electron chi connectivity index (χ3n) is 2.66. The molecule has 3 heteroatoms. The molecule has 1 aromatic rings. The number of Topliss-reactive ketones (excluding diaryl/α,β-unsaturated/α-hetero) is 1. The second-order valence-electron chi connectivity index (χ2n) is 3.58. The summed E-state index contributed by atoms with van der Waals surface area (Å²) in [6, 6.07) is 4.40. The lowest BCUT2D eigenvalue weighted by Gasteiger charge is -2.18. The highest BCUT2D eigenvalue weighted by molar-refractivity contribution is 9.12. The van der Waals surface area contributed by atoms with Crippen LogP contribution in [-0.4, -0.2) is 5.78 Å². The van der Waals surface area contributed by atoms with Crippen molar-refractivity contribution < 1.29 is 9.18 Å². The maximum absolute atomic E-state index is 13.0. The molecule has 0 aromatic heterocycles. The minimum absolute atomic E-state index is 0.104. The first-order valence-electron chi connectivity index (χ1n) is 4.84. The Morgan fingerprint density at radius 1 is 1.47 bits per heavy atom. The fourth-order valence-corrected chi connectivity index (χ4v) is 2.41. The summed E-state index contributed by atoms with van der Waals surface area (Å²) < 4.78 is 13.6. The number of ketones is 1. The molecular formula is C12H10BrFO. The van der Waals surface area contributed by atoms with Crippen molar-refractivity contribution in [3.8, 4) is 0 Å². The summed E-state index contributed by atoms with van der Waals surface area (Å²) in [5, 5.41) is 0.